The average Bonchev–Trinajstić information content (AvgIpc) is 3.64. The van der Waals surface area contributed by atoms with Gasteiger partial charge < -0.3 is 19.8 Å². The monoisotopic (exact) mass is 712 g/mol. The molecule has 266 valence electrons. The van der Waals surface area contributed by atoms with Crippen LogP contribution in [-0.4, -0.2) is 54.6 Å². The van der Waals surface area contributed by atoms with Crippen molar-refractivity contribution >= 4 is 34.4 Å². The Hall–Kier alpha value is -4.87. The first-order valence-corrected chi connectivity index (χ1v) is 19.0. The Bertz CT molecular complexity index is 2200. The molecule has 2 aliphatic heterocycles. The molecule has 4 atom stereocenters. The molecule has 1 unspecified atom stereocenters. The molecule has 1 aliphatic carbocycles. The quantitative estimate of drug-likeness (QED) is 0.165. The number of halogens is 1. The molecular weight excluding hydrogens is 668 g/mol. The van der Waals surface area contributed by atoms with Crippen LogP contribution in [0.4, 0.5) is 0 Å². The second kappa shape index (κ2) is 13.6. The number of aromatic nitrogens is 4. The van der Waals surface area contributed by atoms with Gasteiger partial charge in [-0.05, 0) is 104 Å². The number of fused-ring (bicyclic) bond motifs is 1. The molecule has 2 aromatic heterocycles. The number of carbonyl (C=O) groups excluding carboxylic acids is 2. The molecule has 8 rings (SSSR count). The van der Waals surface area contributed by atoms with Crippen LogP contribution in [0.1, 0.15) is 106 Å². The molecule has 2 N–H and O–H groups in total. The van der Waals surface area contributed by atoms with Gasteiger partial charge in [-0.3, -0.25) is 9.59 Å². The van der Waals surface area contributed by atoms with Gasteiger partial charge in [0.05, 0.1) is 40.9 Å². The first-order valence-electron chi connectivity index (χ1n) is 18.6. The van der Waals surface area contributed by atoms with Gasteiger partial charge in [0, 0.05) is 35.2 Å². The molecule has 2 saturated heterocycles. The van der Waals surface area contributed by atoms with Crippen molar-refractivity contribution in [2.24, 2.45) is 17.3 Å². The molecule has 9 heteroatoms. The minimum atomic E-state index is -0.283. The van der Waals surface area contributed by atoms with E-state index in [1.54, 1.807) is 0 Å². The molecule has 2 amide bonds. The fourth-order valence-corrected chi connectivity index (χ4v) is 8.09. The second-order valence-electron chi connectivity index (χ2n) is 15.5. The first kappa shape index (κ1) is 34.2. The number of aromatic amines is 2. The summed E-state index contributed by atoms with van der Waals surface area (Å²) in [6, 6.07) is 21.7. The number of imidazole rings is 2. The molecule has 0 radical (unpaired) electrons. The molecule has 5 aromatic rings. The van der Waals surface area contributed by atoms with E-state index in [0.29, 0.717) is 17.5 Å². The SMILES string of the molecule is CC(C(=O)N1CCC[C@H]1c1ncc(-c2ccc(C#Cc3ccc4nc([C@@H]5CC6(CC6)CN5C(=O)[C@@H](C)C(C)C)[nH]c4c3)cc2)[nH]1)c1cccc(Cl)c1. The van der Waals surface area contributed by atoms with E-state index in [4.69, 9.17) is 21.6 Å². The minimum absolute atomic E-state index is 0.00870. The van der Waals surface area contributed by atoms with Gasteiger partial charge in [0.25, 0.3) is 0 Å². The highest BCUT2D eigenvalue weighted by Crippen LogP contribution is 2.58. The Morgan fingerprint density at radius 3 is 2.40 bits per heavy atom. The summed E-state index contributed by atoms with van der Waals surface area (Å²) in [7, 11) is 0. The van der Waals surface area contributed by atoms with E-state index in [-0.39, 0.29) is 41.1 Å². The molecule has 52 heavy (non-hydrogen) atoms. The number of carbonyl (C=O) groups is 2. The predicted molar refractivity (Wildman–Crippen MR) is 204 cm³/mol. The van der Waals surface area contributed by atoms with Crippen LogP contribution in [-0.2, 0) is 9.59 Å². The van der Waals surface area contributed by atoms with Crippen molar-refractivity contribution in [1.29, 1.82) is 0 Å². The maximum absolute atomic E-state index is 13.5. The van der Waals surface area contributed by atoms with Crippen LogP contribution in [0.15, 0.2) is 72.9 Å². The Balaban J connectivity index is 0.946. The number of hydrogen-bond donors (Lipinski definition) is 2. The third kappa shape index (κ3) is 6.63. The molecule has 4 heterocycles. The third-order valence-corrected chi connectivity index (χ3v) is 11.9. The van der Waals surface area contributed by atoms with Crippen molar-refractivity contribution in [2.45, 2.75) is 77.8 Å². The average molecular weight is 713 g/mol. The molecule has 3 aromatic carbocycles. The van der Waals surface area contributed by atoms with Gasteiger partial charge in [0.1, 0.15) is 11.6 Å². The molecule has 8 nitrogen and oxygen atoms in total. The molecular formula is C43H45ClN6O2. The number of nitrogens with zero attached hydrogens (tertiary/aromatic N) is 4. The van der Waals surface area contributed by atoms with Crippen molar-refractivity contribution < 1.29 is 9.59 Å². The highest BCUT2D eigenvalue weighted by atomic mass is 35.5. The van der Waals surface area contributed by atoms with Crippen molar-refractivity contribution in [2.75, 3.05) is 13.1 Å². The predicted octanol–water partition coefficient (Wildman–Crippen LogP) is 8.82. The zero-order valence-electron chi connectivity index (χ0n) is 30.2. The minimum Gasteiger partial charge on any atom is -0.340 e. The summed E-state index contributed by atoms with van der Waals surface area (Å²) in [5.74, 6) is 8.66. The lowest BCUT2D eigenvalue weighted by Crippen LogP contribution is -2.37. The molecule has 1 spiro atoms. The van der Waals surface area contributed by atoms with E-state index in [9.17, 15) is 9.59 Å². The maximum Gasteiger partial charge on any atom is 0.230 e. The van der Waals surface area contributed by atoms with E-state index in [2.05, 4.69) is 46.6 Å². The number of nitrogens with one attached hydrogen (secondary N) is 2. The summed E-state index contributed by atoms with van der Waals surface area (Å²) in [5, 5.41) is 0.636. The van der Waals surface area contributed by atoms with Gasteiger partial charge in [-0.25, -0.2) is 9.97 Å². The summed E-state index contributed by atoms with van der Waals surface area (Å²) in [6.07, 6.45) is 7.03. The van der Waals surface area contributed by atoms with Gasteiger partial charge in [0.2, 0.25) is 11.8 Å². The molecule has 1 saturated carbocycles. The van der Waals surface area contributed by atoms with Gasteiger partial charge in [0.15, 0.2) is 0 Å². The lowest BCUT2D eigenvalue weighted by molar-refractivity contribution is -0.137. The van der Waals surface area contributed by atoms with Crippen molar-refractivity contribution in [1.82, 2.24) is 29.7 Å². The van der Waals surface area contributed by atoms with Gasteiger partial charge in [-0.1, -0.05) is 68.5 Å². The maximum atomic E-state index is 13.5. The van der Waals surface area contributed by atoms with Gasteiger partial charge in [-0.15, -0.1) is 0 Å². The summed E-state index contributed by atoms with van der Waals surface area (Å²) in [4.78, 5) is 47.8. The van der Waals surface area contributed by atoms with Crippen LogP contribution in [0, 0.1) is 29.1 Å². The van der Waals surface area contributed by atoms with Crippen molar-refractivity contribution in [3.63, 3.8) is 0 Å². The lowest BCUT2D eigenvalue weighted by Gasteiger charge is -2.28. The Labute approximate surface area is 310 Å². The number of likely N-dealkylation sites (tertiary alicyclic amines) is 2. The van der Waals surface area contributed by atoms with Crippen LogP contribution >= 0.6 is 11.6 Å². The van der Waals surface area contributed by atoms with E-state index < -0.39 is 0 Å². The van der Waals surface area contributed by atoms with Crippen LogP contribution < -0.4 is 0 Å². The number of amides is 2. The number of hydrogen-bond acceptors (Lipinski definition) is 4. The van der Waals surface area contributed by atoms with Gasteiger partial charge in [-0.2, -0.15) is 0 Å². The van der Waals surface area contributed by atoms with E-state index in [1.807, 2.05) is 85.6 Å². The summed E-state index contributed by atoms with van der Waals surface area (Å²) in [6.45, 7) is 9.78. The number of rotatable bonds is 7. The Morgan fingerprint density at radius 2 is 1.65 bits per heavy atom. The highest BCUT2D eigenvalue weighted by Gasteiger charge is 2.54. The fourth-order valence-electron chi connectivity index (χ4n) is 7.90. The standard InChI is InChI=1S/C43H45ClN6O2/c1-26(2)27(3)41(51)50-25-43(18-19-43)23-38(50)40-46-34-17-14-30(21-35(34)47-40)11-10-29-12-15-31(16-13-29)36-24-45-39(48-36)37-9-6-20-49(37)42(52)28(4)32-7-5-8-33(44)22-32/h5,7-8,12-17,21-22,24,26-28,37-38H,6,9,18-20,23,25H2,1-4H3,(H,45,48)(H,46,47)/t27-,28?,37-,38-/m0/s1. The van der Waals surface area contributed by atoms with Gasteiger partial charge >= 0.3 is 0 Å². The van der Waals surface area contributed by atoms with Crippen molar-refractivity contribution in [3.05, 3.63) is 106 Å². The topological polar surface area (TPSA) is 98.0 Å². The van der Waals surface area contributed by atoms with Crippen molar-refractivity contribution in [3.8, 4) is 23.1 Å². The number of benzene rings is 3. The molecule has 3 fully saturated rings. The van der Waals surface area contributed by atoms with Crippen LogP contribution in [0.2, 0.25) is 5.02 Å². The summed E-state index contributed by atoms with van der Waals surface area (Å²) in [5.41, 5.74) is 6.75. The second-order valence-corrected chi connectivity index (χ2v) is 16.0. The summed E-state index contributed by atoms with van der Waals surface area (Å²) >= 11 is 6.21. The van der Waals surface area contributed by atoms with Crippen LogP contribution in [0.5, 0.6) is 0 Å². The Kier molecular flexibility index (Phi) is 8.95. The normalized spacial score (nSPS) is 20.3. The zero-order valence-corrected chi connectivity index (χ0v) is 31.0. The molecule has 3 aliphatic rings. The lowest BCUT2D eigenvalue weighted by atomic mass is 9.96. The Morgan fingerprint density at radius 1 is 0.885 bits per heavy atom. The smallest absolute Gasteiger partial charge is 0.230 e. The third-order valence-electron chi connectivity index (χ3n) is 11.7. The van der Waals surface area contributed by atoms with E-state index >= 15 is 0 Å². The zero-order chi connectivity index (χ0) is 36.1. The molecule has 0 bridgehead atoms. The largest absolute Gasteiger partial charge is 0.340 e. The number of H-pyrrole nitrogens is 2. The van der Waals surface area contributed by atoms with E-state index in [0.717, 1.165) is 76.4 Å². The van der Waals surface area contributed by atoms with E-state index in [1.165, 1.54) is 12.8 Å². The van der Waals surface area contributed by atoms with Crippen LogP contribution in [0.3, 0.4) is 0 Å². The summed E-state index contributed by atoms with van der Waals surface area (Å²) < 4.78 is 0. The highest BCUT2D eigenvalue weighted by molar-refractivity contribution is 6.30. The first-order chi connectivity index (χ1) is 25.1. The fraction of sp³-hybridized carbons (Fsp3) is 0.395. The van der Waals surface area contributed by atoms with Crippen LogP contribution in [0.25, 0.3) is 22.3 Å².